The van der Waals surface area contributed by atoms with Crippen LogP contribution in [0.4, 0.5) is 5.82 Å². The van der Waals surface area contributed by atoms with Gasteiger partial charge in [-0.05, 0) is 24.6 Å². The Kier molecular flexibility index (Phi) is 3.53. The third-order valence-corrected chi connectivity index (χ3v) is 2.59. The second-order valence-electron chi connectivity index (χ2n) is 3.61. The fourth-order valence-corrected chi connectivity index (χ4v) is 1.59. The minimum Gasteiger partial charge on any atom is -0.489 e. The van der Waals surface area contributed by atoms with Crippen LogP contribution < -0.4 is 15.2 Å². The largest absolute Gasteiger partial charge is 0.489 e. The highest BCUT2D eigenvalue weighted by atomic mass is 35.5. The first-order chi connectivity index (χ1) is 8.61. The zero-order valence-electron chi connectivity index (χ0n) is 9.98. The van der Waals surface area contributed by atoms with E-state index < -0.39 is 0 Å². The van der Waals surface area contributed by atoms with Crippen LogP contribution in [-0.2, 0) is 0 Å². The Balaban J connectivity index is 2.40. The van der Waals surface area contributed by atoms with Gasteiger partial charge in [-0.1, -0.05) is 17.7 Å². The highest BCUT2D eigenvalue weighted by Crippen LogP contribution is 2.34. The first-order valence-corrected chi connectivity index (χ1v) is 5.58. The number of hydrogen-bond donors (Lipinski definition) is 1. The minimum absolute atomic E-state index is 0.224. The van der Waals surface area contributed by atoms with Gasteiger partial charge in [0, 0.05) is 5.02 Å². The van der Waals surface area contributed by atoms with Gasteiger partial charge in [0.1, 0.15) is 12.1 Å². The van der Waals surface area contributed by atoms with E-state index in [0.717, 1.165) is 5.56 Å². The van der Waals surface area contributed by atoms with Crippen LogP contribution in [0.15, 0.2) is 24.5 Å². The Morgan fingerprint density at radius 3 is 2.78 bits per heavy atom. The van der Waals surface area contributed by atoms with Crippen molar-refractivity contribution in [2.75, 3.05) is 12.8 Å². The Morgan fingerprint density at radius 1 is 1.28 bits per heavy atom. The number of aryl methyl sites for hydroxylation is 1. The molecular weight excluding hydrogens is 254 g/mol. The number of nitrogens with zero attached hydrogens (tertiary/aromatic N) is 2. The number of aromatic nitrogens is 2. The topological polar surface area (TPSA) is 70.3 Å². The number of halogens is 1. The summed E-state index contributed by atoms with van der Waals surface area (Å²) in [5.74, 6) is 1.38. The molecule has 0 bridgehead atoms. The molecule has 5 nitrogen and oxygen atoms in total. The number of rotatable bonds is 3. The number of ether oxygens (including phenoxy) is 2. The fraction of sp³-hybridized carbons (Fsp3) is 0.167. The first kappa shape index (κ1) is 12.4. The molecule has 1 aromatic carbocycles. The Labute approximate surface area is 110 Å². The van der Waals surface area contributed by atoms with Crippen LogP contribution >= 0.6 is 11.6 Å². The van der Waals surface area contributed by atoms with Crippen LogP contribution in [0.1, 0.15) is 5.56 Å². The van der Waals surface area contributed by atoms with Gasteiger partial charge in [0.25, 0.3) is 5.88 Å². The van der Waals surface area contributed by atoms with Gasteiger partial charge in [-0.3, -0.25) is 0 Å². The lowest BCUT2D eigenvalue weighted by molar-refractivity contribution is 0.368. The molecule has 0 aliphatic heterocycles. The van der Waals surface area contributed by atoms with Crippen LogP contribution in [0.2, 0.25) is 5.02 Å². The summed E-state index contributed by atoms with van der Waals surface area (Å²) in [6, 6.07) is 5.35. The zero-order chi connectivity index (χ0) is 13.1. The van der Waals surface area contributed by atoms with E-state index in [1.54, 1.807) is 12.1 Å². The van der Waals surface area contributed by atoms with Crippen molar-refractivity contribution in [2.24, 2.45) is 0 Å². The quantitative estimate of drug-likeness (QED) is 0.924. The normalized spacial score (nSPS) is 10.2. The number of nitrogens with two attached hydrogens (primary N) is 1. The van der Waals surface area contributed by atoms with E-state index in [1.807, 2.05) is 13.0 Å². The van der Waals surface area contributed by atoms with Gasteiger partial charge in [-0.25, -0.2) is 4.98 Å². The first-order valence-electron chi connectivity index (χ1n) is 5.20. The zero-order valence-corrected chi connectivity index (χ0v) is 10.7. The molecule has 0 atom stereocenters. The van der Waals surface area contributed by atoms with Gasteiger partial charge in [-0.2, -0.15) is 4.98 Å². The van der Waals surface area contributed by atoms with Crippen LogP contribution in [0.25, 0.3) is 0 Å². The Morgan fingerprint density at radius 2 is 2.06 bits per heavy atom. The number of benzene rings is 1. The molecule has 2 rings (SSSR count). The van der Waals surface area contributed by atoms with Gasteiger partial charge >= 0.3 is 0 Å². The van der Waals surface area contributed by atoms with E-state index in [1.165, 1.54) is 13.4 Å². The van der Waals surface area contributed by atoms with Crippen LogP contribution in [0.3, 0.4) is 0 Å². The SMILES string of the molecule is COc1c(N)ncnc1Oc1cc(Cl)ccc1C. The third-order valence-electron chi connectivity index (χ3n) is 2.36. The molecule has 1 aromatic heterocycles. The van der Waals surface area contributed by atoms with Crippen LogP contribution in [0.5, 0.6) is 17.4 Å². The molecule has 6 heteroatoms. The van der Waals surface area contributed by atoms with Crippen LogP contribution in [0, 0.1) is 6.92 Å². The van der Waals surface area contributed by atoms with Gasteiger partial charge in [-0.15, -0.1) is 0 Å². The summed E-state index contributed by atoms with van der Waals surface area (Å²) in [6.07, 6.45) is 1.31. The summed E-state index contributed by atoms with van der Waals surface area (Å²) >= 11 is 5.92. The molecule has 0 saturated heterocycles. The molecule has 0 spiro atoms. The van der Waals surface area contributed by atoms with Crippen molar-refractivity contribution < 1.29 is 9.47 Å². The lowest BCUT2D eigenvalue weighted by atomic mass is 10.2. The maximum atomic E-state index is 5.92. The molecular formula is C12H12ClN3O2. The minimum atomic E-state index is 0.224. The molecule has 94 valence electrons. The maximum Gasteiger partial charge on any atom is 0.268 e. The van der Waals surface area contributed by atoms with Crippen molar-refractivity contribution in [3.05, 3.63) is 35.1 Å². The highest BCUT2D eigenvalue weighted by Gasteiger charge is 2.13. The van der Waals surface area contributed by atoms with Crippen LogP contribution in [-0.4, -0.2) is 17.1 Å². The van der Waals surface area contributed by atoms with Crippen molar-refractivity contribution in [2.45, 2.75) is 6.92 Å². The van der Waals surface area contributed by atoms with E-state index in [0.29, 0.717) is 16.5 Å². The predicted molar refractivity (Wildman–Crippen MR) is 69.3 cm³/mol. The van der Waals surface area contributed by atoms with Gasteiger partial charge in [0.05, 0.1) is 7.11 Å². The molecule has 0 fully saturated rings. The smallest absolute Gasteiger partial charge is 0.268 e. The van der Waals surface area contributed by atoms with Crippen molar-refractivity contribution in [1.29, 1.82) is 0 Å². The summed E-state index contributed by atoms with van der Waals surface area (Å²) in [5, 5.41) is 0.580. The second kappa shape index (κ2) is 5.10. The molecule has 0 radical (unpaired) electrons. The molecule has 18 heavy (non-hydrogen) atoms. The van der Waals surface area contributed by atoms with Crippen molar-refractivity contribution in [3.8, 4) is 17.4 Å². The summed E-state index contributed by atoms with van der Waals surface area (Å²) in [6.45, 7) is 1.91. The fourth-order valence-electron chi connectivity index (χ4n) is 1.42. The third kappa shape index (κ3) is 2.46. The molecule has 2 N–H and O–H groups in total. The van der Waals surface area contributed by atoms with Gasteiger partial charge in [0.15, 0.2) is 5.82 Å². The van der Waals surface area contributed by atoms with Gasteiger partial charge < -0.3 is 15.2 Å². The average Bonchev–Trinajstić information content (AvgIpc) is 2.34. The molecule has 2 aromatic rings. The summed E-state index contributed by atoms with van der Waals surface area (Å²) in [4.78, 5) is 7.82. The predicted octanol–water partition coefficient (Wildman–Crippen LogP) is 2.82. The van der Waals surface area contributed by atoms with Crippen molar-refractivity contribution in [1.82, 2.24) is 9.97 Å². The van der Waals surface area contributed by atoms with E-state index in [9.17, 15) is 0 Å². The second-order valence-corrected chi connectivity index (χ2v) is 4.05. The number of methoxy groups -OCH3 is 1. The monoisotopic (exact) mass is 265 g/mol. The Hall–Kier alpha value is -2.01. The van der Waals surface area contributed by atoms with Crippen molar-refractivity contribution in [3.63, 3.8) is 0 Å². The summed E-state index contributed by atoms with van der Waals surface area (Å²) < 4.78 is 10.8. The molecule has 0 aliphatic carbocycles. The lowest BCUT2D eigenvalue weighted by Crippen LogP contribution is -2.00. The van der Waals surface area contributed by atoms with Crippen molar-refractivity contribution >= 4 is 17.4 Å². The number of anilines is 1. The molecule has 1 heterocycles. The Bertz CT molecular complexity index is 575. The molecule has 0 amide bonds. The maximum absolute atomic E-state index is 5.92. The van der Waals surface area contributed by atoms with Gasteiger partial charge in [0.2, 0.25) is 5.75 Å². The number of hydrogen-bond acceptors (Lipinski definition) is 5. The summed E-state index contributed by atoms with van der Waals surface area (Å²) in [7, 11) is 1.48. The van der Waals surface area contributed by atoms with E-state index >= 15 is 0 Å². The standard InChI is InChI=1S/C12H12ClN3O2/c1-7-3-4-8(13)5-9(7)18-12-10(17-2)11(14)15-6-16-12/h3-6H,1-2H3,(H2,14,15,16). The van der Waals surface area contributed by atoms with E-state index in [2.05, 4.69) is 9.97 Å². The number of nitrogen functional groups attached to an aromatic ring is 1. The highest BCUT2D eigenvalue weighted by molar-refractivity contribution is 6.30. The average molecular weight is 266 g/mol. The van der Waals surface area contributed by atoms with E-state index in [4.69, 9.17) is 26.8 Å². The molecule has 0 unspecified atom stereocenters. The molecule has 0 saturated carbocycles. The lowest BCUT2D eigenvalue weighted by Gasteiger charge is -2.11. The summed E-state index contributed by atoms with van der Waals surface area (Å²) in [5.41, 5.74) is 6.60. The van der Waals surface area contributed by atoms with E-state index in [-0.39, 0.29) is 11.7 Å². The molecule has 0 aliphatic rings.